The van der Waals surface area contributed by atoms with Crippen LogP contribution in [-0.2, 0) is 10.0 Å². The quantitative estimate of drug-likeness (QED) is 0.761. The average molecular weight is 277 g/mol. The summed E-state index contributed by atoms with van der Waals surface area (Å²) in [5.74, 6) is 0. The van der Waals surface area contributed by atoms with Crippen molar-refractivity contribution >= 4 is 10.0 Å². The molecule has 1 aliphatic heterocycles. The van der Waals surface area contributed by atoms with Gasteiger partial charge in [-0.3, -0.25) is 0 Å². The molecule has 1 atom stereocenters. The molecule has 0 amide bonds. The Morgan fingerprint density at radius 1 is 1.39 bits per heavy atom. The highest BCUT2D eigenvalue weighted by Crippen LogP contribution is 2.19. The van der Waals surface area contributed by atoms with E-state index < -0.39 is 10.0 Å². The Labute approximate surface area is 112 Å². The predicted molar refractivity (Wildman–Crippen MR) is 75.2 cm³/mol. The van der Waals surface area contributed by atoms with Crippen molar-refractivity contribution in [1.29, 1.82) is 0 Å². The van der Waals surface area contributed by atoms with Crippen LogP contribution in [0.1, 0.15) is 26.7 Å². The van der Waals surface area contributed by atoms with Crippen molar-refractivity contribution in [2.45, 2.75) is 38.0 Å². The van der Waals surface area contributed by atoms with Crippen LogP contribution in [0, 0.1) is 0 Å². The first-order valence-corrected chi connectivity index (χ1v) is 8.27. The van der Waals surface area contributed by atoms with E-state index in [1.54, 1.807) is 25.3 Å². The monoisotopic (exact) mass is 277 g/mol. The fourth-order valence-corrected chi connectivity index (χ4v) is 4.05. The number of piperidine rings is 1. The lowest BCUT2D eigenvalue weighted by Crippen LogP contribution is -2.49. The molecule has 0 aromatic carbocycles. The Hall–Kier alpha value is -0.170. The molecule has 0 aromatic heterocycles. The molecular weight excluding hydrogens is 250 g/mol. The van der Waals surface area contributed by atoms with Crippen molar-refractivity contribution in [2.75, 3.05) is 40.3 Å². The molecule has 0 saturated carbocycles. The second kappa shape index (κ2) is 6.84. The fourth-order valence-electron chi connectivity index (χ4n) is 2.48. The van der Waals surface area contributed by atoms with Gasteiger partial charge in [-0.25, -0.2) is 12.7 Å². The van der Waals surface area contributed by atoms with Gasteiger partial charge in [0.25, 0.3) is 0 Å². The Bertz CT molecular complexity index is 337. The SMILES string of the molecule is CCN1CCC(N(C)S(=O)(=O)C(C)CNC)CC1. The summed E-state index contributed by atoms with van der Waals surface area (Å²) in [6, 6.07) is 0.164. The van der Waals surface area contributed by atoms with Crippen LogP contribution in [0.3, 0.4) is 0 Å². The summed E-state index contributed by atoms with van der Waals surface area (Å²) in [7, 11) is 0.341. The maximum Gasteiger partial charge on any atom is 0.217 e. The molecule has 1 N–H and O–H groups in total. The Morgan fingerprint density at radius 3 is 2.39 bits per heavy atom. The van der Waals surface area contributed by atoms with Crippen molar-refractivity contribution in [2.24, 2.45) is 0 Å². The molecule has 18 heavy (non-hydrogen) atoms. The van der Waals surface area contributed by atoms with Crippen LogP contribution in [0.25, 0.3) is 0 Å². The number of rotatable bonds is 6. The zero-order chi connectivity index (χ0) is 13.8. The first-order valence-electron chi connectivity index (χ1n) is 6.77. The number of hydrogen-bond acceptors (Lipinski definition) is 4. The Kier molecular flexibility index (Phi) is 6.04. The van der Waals surface area contributed by atoms with E-state index in [4.69, 9.17) is 0 Å². The lowest BCUT2D eigenvalue weighted by Gasteiger charge is -2.36. The van der Waals surface area contributed by atoms with Crippen LogP contribution in [0.2, 0.25) is 0 Å². The molecule has 0 bridgehead atoms. The second-order valence-corrected chi connectivity index (χ2v) is 7.51. The van der Waals surface area contributed by atoms with Gasteiger partial charge in [-0.1, -0.05) is 6.92 Å². The summed E-state index contributed by atoms with van der Waals surface area (Å²) < 4.78 is 26.3. The van der Waals surface area contributed by atoms with E-state index in [-0.39, 0.29) is 11.3 Å². The fraction of sp³-hybridized carbons (Fsp3) is 1.00. The Balaban J connectivity index is 2.61. The van der Waals surface area contributed by atoms with Gasteiger partial charge in [-0.2, -0.15) is 0 Å². The molecule has 0 spiro atoms. The van der Waals surface area contributed by atoms with Gasteiger partial charge in [0.1, 0.15) is 0 Å². The normalized spacial score (nSPS) is 21.4. The number of hydrogen-bond donors (Lipinski definition) is 1. The largest absolute Gasteiger partial charge is 0.318 e. The summed E-state index contributed by atoms with van der Waals surface area (Å²) in [5.41, 5.74) is 0. The standard InChI is InChI=1S/C12H27N3O2S/c1-5-15-8-6-12(7-9-15)14(4)18(16,17)11(2)10-13-3/h11-13H,5-10H2,1-4H3. The maximum atomic E-state index is 12.3. The lowest BCUT2D eigenvalue weighted by molar-refractivity contribution is 0.176. The first kappa shape index (κ1) is 15.9. The molecule has 1 rings (SSSR count). The molecule has 6 heteroatoms. The minimum Gasteiger partial charge on any atom is -0.318 e. The van der Waals surface area contributed by atoms with Gasteiger partial charge in [0.2, 0.25) is 10.0 Å². The topological polar surface area (TPSA) is 52.7 Å². The van der Waals surface area contributed by atoms with E-state index in [2.05, 4.69) is 17.1 Å². The first-order chi connectivity index (χ1) is 8.43. The van der Waals surface area contributed by atoms with Gasteiger partial charge in [0, 0.05) is 19.6 Å². The van der Waals surface area contributed by atoms with Gasteiger partial charge < -0.3 is 10.2 Å². The van der Waals surface area contributed by atoms with Crippen molar-refractivity contribution in [3.63, 3.8) is 0 Å². The molecule has 1 saturated heterocycles. The van der Waals surface area contributed by atoms with E-state index in [0.29, 0.717) is 6.54 Å². The molecule has 0 aromatic rings. The van der Waals surface area contributed by atoms with Crippen molar-refractivity contribution in [1.82, 2.24) is 14.5 Å². The van der Waals surface area contributed by atoms with Crippen molar-refractivity contribution in [3.05, 3.63) is 0 Å². The number of likely N-dealkylation sites (tertiary alicyclic amines) is 1. The minimum absolute atomic E-state index is 0.164. The molecule has 108 valence electrons. The minimum atomic E-state index is -3.17. The molecule has 0 radical (unpaired) electrons. The second-order valence-electron chi connectivity index (χ2n) is 5.09. The van der Waals surface area contributed by atoms with Crippen LogP contribution in [0.4, 0.5) is 0 Å². The number of nitrogens with zero attached hydrogens (tertiary/aromatic N) is 2. The molecule has 0 aliphatic carbocycles. The zero-order valence-corrected chi connectivity index (χ0v) is 12.8. The van der Waals surface area contributed by atoms with Crippen LogP contribution in [-0.4, -0.2) is 69.2 Å². The van der Waals surface area contributed by atoms with E-state index in [9.17, 15) is 8.42 Å². The number of nitrogens with one attached hydrogen (secondary N) is 1. The predicted octanol–water partition coefficient (Wildman–Crippen LogP) is 0.340. The van der Waals surface area contributed by atoms with Crippen molar-refractivity contribution < 1.29 is 8.42 Å². The smallest absolute Gasteiger partial charge is 0.217 e. The van der Waals surface area contributed by atoms with Gasteiger partial charge >= 0.3 is 0 Å². The maximum absolute atomic E-state index is 12.3. The summed E-state index contributed by atoms with van der Waals surface area (Å²) in [4.78, 5) is 2.37. The highest BCUT2D eigenvalue weighted by Gasteiger charge is 2.32. The van der Waals surface area contributed by atoms with Crippen LogP contribution < -0.4 is 5.32 Å². The van der Waals surface area contributed by atoms with Crippen LogP contribution in [0.15, 0.2) is 0 Å². The molecule has 1 unspecified atom stereocenters. The third-order valence-electron chi connectivity index (χ3n) is 3.92. The molecule has 1 heterocycles. The summed E-state index contributed by atoms with van der Waals surface area (Å²) in [6.45, 7) is 7.47. The molecule has 1 aliphatic rings. The van der Waals surface area contributed by atoms with Gasteiger partial charge in [-0.05, 0) is 46.4 Å². The zero-order valence-electron chi connectivity index (χ0n) is 12.0. The van der Waals surface area contributed by atoms with Crippen molar-refractivity contribution in [3.8, 4) is 0 Å². The molecule has 5 nitrogen and oxygen atoms in total. The molecule has 1 fully saturated rings. The average Bonchev–Trinajstić information content (AvgIpc) is 2.38. The highest BCUT2D eigenvalue weighted by molar-refractivity contribution is 7.89. The third kappa shape index (κ3) is 3.66. The van der Waals surface area contributed by atoms with E-state index >= 15 is 0 Å². The highest BCUT2D eigenvalue weighted by atomic mass is 32.2. The summed E-state index contributed by atoms with van der Waals surface area (Å²) in [6.07, 6.45) is 1.88. The van der Waals surface area contributed by atoms with E-state index in [1.165, 1.54) is 0 Å². The molecular formula is C12H27N3O2S. The van der Waals surface area contributed by atoms with Crippen LogP contribution >= 0.6 is 0 Å². The van der Waals surface area contributed by atoms with Gasteiger partial charge in [0.15, 0.2) is 0 Å². The summed E-state index contributed by atoms with van der Waals surface area (Å²) in [5, 5.41) is 2.57. The van der Waals surface area contributed by atoms with E-state index in [1.807, 2.05) is 0 Å². The number of sulfonamides is 1. The third-order valence-corrected chi connectivity index (χ3v) is 6.20. The van der Waals surface area contributed by atoms with Gasteiger partial charge in [0.05, 0.1) is 5.25 Å². The van der Waals surface area contributed by atoms with Crippen LogP contribution in [0.5, 0.6) is 0 Å². The lowest BCUT2D eigenvalue weighted by atomic mass is 10.1. The Morgan fingerprint density at radius 2 is 1.94 bits per heavy atom. The van der Waals surface area contributed by atoms with Gasteiger partial charge in [-0.15, -0.1) is 0 Å². The summed E-state index contributed by atoms with van der Waals surface area (Å²) >= 11 is 0. The van der Waals surface area contributed by atoms with E-state index in [0.717, 1.165) is 32.5 Å².